The van der Waals surface area contributed by atoms with Crippen LogP contribution in [0, 0.1) is 0 Å². The van der Waals surface area contributed by atoms with Gasteiger partial charge in [-0.2, -0.15) is 0 Å². The van der Waals surface area contributed by atoms with E-state index in [1.165, 1.54) is 0 Å². The molecule has 5 heteroatoms. The van der Waals surface area contributed by atoms with Crippen LogP contribution in [0.25, 0.3) is 0 Å². The van der Waals surface area contributed by atoms with Gasteiger partial charge in [-0.15, -0.1) is 11.6 Å². The van der Waals surface area contributed by atoms with Crippen LogP contribution in [0.1, 0.15) is 19.8 Å². The highest BCUT2D eigenvalue weighted by Gasteiger charge is 2.04. The average Bonchev–Trinajstić information content (AvgIpc) is 2.14. The van der Waals surface area contributed by atoms with Gasteiger partial charge < -0.3 is 9.47 Å². The molecule has 0 amide bonds. The molecule has 0 aliphatic rings. The van der Waals surface area contributed by atoms with Crippen molar-refractivity contribution >= 4 is 23.5 Å². The predicted octanol–water partition coefficient (Wildman–Crippen LogP) is 1.11. The first-order valence-electron chi connectivity index (χ1n) is 4.08. The van der Waals surface area contributed by atoms with Gasteiger partial charge in [-0.25, -0.2) is 0 Å². The third kappa shape index (κ3) is 7.59. The van der Waals surface area contributed by atoms with Gasteiger partial charge >= 0.3 is 11.9 Å². The van der Waals surface area contributed by atoms with E-state index in [-0.39, 0.29) is 31.5 Å². The van der Waals surface area contributed by atoms with Crippen LogP contribution < -0.4 is 0 Å². The van der Waals surface area contributed by atoms with Crippen molar-refractivity contribution in [3.8, 4) is 0 Å². The molecule has 0 fully saturated rings. The number of halogens is 1. The number of hydrogen-bond acceptors (Lipinski definition) is 4. The molecule has 0 N–H and O–H groups in total. The minimum absolute atomic E-state index is 0.0772. The quantitative estimate of drug-likeness (QED) is 0.485. The Morgan fingerprint density at radius 2 is 1.77 bits per heavy atom. The number of carbonyl (C=O) groups is 2. The van der Waals surface area contributed by atoms with Crippen molar-refractivity contribution in [3.05, 3.63) is 0 Å². The maximum Gasteiger partial charge on any atom is 0.309 e. The lowest BCUT2D eigenvalue weighted by Crippen LogP contribution is -2.12. The van der Waals surface area contributed by atoms with Crippen molar-refractivity contribution in [3.63, 3.8) is 0 Å². The molecule has 13 heavy (non-hydrogen) atoms. The lowest BCUT2D eigenvalue weighted by atomic mass is 10.4. The molecule has 0 bridgehead atoms. The largest absolute Gasteiger partial charge is 0.465 e. The number of ether oxygens (including phenoxy) is 2. The van der Waals surface area contributed by atoms with Gasteiger partial charge in [0.15, 0.2) is 0 Å². The lowest BCUT2D eigenvalue weighted by molar-refractivity contribution is -0.148. The second-order valence-electron chi connectivity index (χ2n) is 2.23. The van der Waals surface area contributed by atoms with Crippen molar-refractivity contribution < 1.29 is 19.1 Å². The summed E-state index contributed by atoms with van der Waals surface area (Å²) in [6, 6.07) is 0. The van der Waals surface area contributed by atoms with Crippen LogP contribution in [0.3, 0.4) is 0 Å². The van der Waals surface area contributed by atoms with Crippen molar-refractivity contribution in [2.24, 2.45) is 0 Å². The SMILES string of the molecule is CCC(=O)OCCC(=O)OCCCl. The number of esters is 2. The summed E-state index contributed by atoms with van der Waals surface area (Å²) in [5.41, 5.74) is 0. The summed E-state index contributed by atoms with van der Waals surface area (Å²) >= 11 is 5.29. The maximum absolute atomic E-state index is 10.8. The van der Waals surface area contributed by atoms with E-state index in [2.05, 4.69) is 9.47 Å². The van der Waals surface area contributed by atoms with Crippen molar-refractivity contribution in [2.75, 3.05) is 19.1 Å². The van der Waals surface area contributed by atoms with E-state index in [0.717, 1.165) is 0 Å². The molecule has 0 radical (unpaired) electrons. The fraction of sp³-hybridized carbons (Fsp3) is 0.750. The molecule has 0 spiro atoms. The Labute approximate surface area is 82.1 Å². The van der Waals surface area contributed by atoms with Gasteiger partial charge in [0.05, 0.1) is 12.3 Å². The Kier molecular flexibility index (Phi) is 7.39. The van der Waals surface area contributed by atoms with Gasteiger partial charge in [0, 0.05) is 6.42 Å². The van der Waals surface area contributed by atoms with E-state index in [4.69, 9.17) is 11.6 Å². The Hall–Kier alpha value is -0.770. The molecule has 0 aliphatic carbocycles. The van der Waals surface area contributed by atoms with Crippen LogP contribution in [-0.4, -0.2) is 31.0 Å². The third-order valence-electron chi connectivity index (χ3n) is 1.20. The van der Waals surface area contributed by atoms with Crippen LogP contribution in [-0.2, 0) is 19.1 Å². The van der Waals surface area contributed by atoms with E-state index in [1.807, 2.05) is 0 Å². The van der Waals surface area contributed by atoms with E-state index in [1.54, 1.807) is 6.92 Å². The van der Waals surface area contributed by atoms with E-state index in [0.29, 0.717) is 6.42 Å². The smallest absolute Gasteiger partial charge is 0.309 e. The molecule has 0 aliphatic heterocycles. The zero-order chi connectivity index (χ0) is 10.1. The van der Waals surface area contributed by atoms with Crippen LogP contribution in [0.5, 0.6) is 0 Å². The second kappa shape index (κ2) is 7.86. The molecule has 0 atom stereocenters. The predicted molar refractivity (Wildman–Crippen MR) is 47.5 cm³/mol. The van der Waals surface area contributed by atoms with Gasteiger partial charge in [-0.3, -0.25) is 9.59 Å². The highest BCUT2D eigenvalue weighted by atomic mass is 35.5. The van der Waals surface area contributed by atoms with Gasteiger partial charge in [-0.05, 0) is 0 Å². The third-order valence-corrected chi connectivity index (χ3v) is 1.35. The molecular weight excluding hydrogens is 196 g/mol. The topological polar surface area (TPSA) is 52.6 Å². The zero-order valence-corrected chi connectivity index (χ0v) is 8.30. The highest BCUT2D eigenvalue weighted by Crippen LogP contribution is 1.91. The number of rotatable bonds is 6. The summed E-state index contributed by atoms with van der Waals surface area (Å²) in [6.07, 6.45) is 0.402. The Bertz CT molecular complexity index is 170. The normalized spacial score (nSPS) is 9.38. The molecule has 0 unspecified atom stereocenters. The van der Waals surface area contributed by atoms with Crippen molar-refractivity contribution in [1.82, 2.24) is 0 Å². The molecule has 0 heterocycles. The maximum atomic E-state index is 10.8. The number of alkyl halides is 1. The van der Waals surface area contributed by atoms with Crippen LogP contribution in [0.4, 0.5) is 0 Å². The summed E-state index contributed by atoms with van der Waals surface area (Å²) in [4.78, 5) is 21.4. The second-order valence-corrected chi connectivity index (χ2v) is 2.61. The fourth-order valence-electron chi connectivity index (χ4n) is 0.575. The molecular formula is C8H13ClO4. The molecule has 0 saturated carbocycles. The Balaban J connectivity index is 3.31. The molecule has 76 valence electrons. The summed E-state index contributed by atoms with van der Waals surface area (Å²) in [7, 11) is 0. The summed E-state index contributed by atoms with van der Waals surface area (Å²) in [5, 5.41) is 0. The van der Waals surface area contributed by atoms with E-state index < -0.39 is 5.97 Å². The minimum atomic E-state index is -0.399. The standard InChI is InChI=1S/C8H13ClO4/c1-2-7(10)12-5-3-8(11)13-6-4-9/h2-6H2,1H3. The highest BCUT2D eigenvalue weighted by molar-refractivity contribution is 6.18. The van der Waals surface area contributed by atoms with E-state index in [9.17, 15) is 9.59 Å². The zero-order valence-electron chi connectivity index (χ0n) is 7.55. The van der Waals surface area contributed by atoms with Gasteiger partial charge in [0.1, 0.15) is 13.2 Å². The average molecular weight is 209 g/mol. The molecule has 0 aromatic heterocycles. The molecule has 0 rings (SSSR count). The summed E-state index contributed by atoms with van der Waals surface area (Å²) in [5.74, 6) is -0.435. The molecule has 0 saturated heterocycles. The minimum Gasteiger partial charge on any atom is -0.465 e. The lowest BCUT2D eigenvalue weighted by Gasteiger charge is -2.03. The summed E-state index contributed by atoms with van der Waals surface area (Å²) < 4.78 is 9.31. The molecule has 0 aromatic carbocycles. The van der Waals surface area contributed by atoms with E-state index >= 15 is 0 Å². The Morgan fingerprint density at radius 3 is 2.31 bits per heavy atom. The monoisotopic (exact) mass is 208 g/mol. The number of hydrogen-bond donors (Lipinski definition) is 0. The summed E-state index contributed by atoms with van der Waals surface area (Å²) in [6.45, 7) is 1.96. The van der Waals surface area contributed by atoms with Crippen LogP contribution >= 0.6 is 11.6 Å². The first-order chi connectivity index (χ1) is 6.20. The van der Waals surface area contributed by atoms with Crippen molar-refractivity contribution in [1.29, 1.82) is 0 Å². The van der Waals surface area contributed by atoms with Crippen molar-refractivity contribution in [2.45, 2.75) is 19.8 Å². The molecule has 0 aromatic rings. The molecule has 4 nitrogen and oxygen atoms in total. The first kappa shape index (κ1) is 12.2. The van der Waals surface area contributed by atoms with Gasteiger partial charge in [0.2, 0.25) is 0 Å². The fourth-order valence-corrected chi connectivity index (χ4v) is 0.652. The Morgan fingerprint density at radius 1 is 1.15 bits per heavy atom. The van der Waals surface area contributed by atoms with Gasteiger partial charge in [0.25, 0.3) is 0 Å². The first-order valence-corrected chi connectivity index (χ1v) is 4.61. The van der Waals surface area contributed by atoms with Crippen LogP contribution in [0.15, 0.2) is 0 Å². The number of carbonyl (C=O) groups excluding carboxylic acids is 2. The van der Waals surface area contributed by atoms with Crippen LogP contribution in [0.2, 0.25) is 0 Å². The van der Waals surface area contributed by atoms with Gasteiger partial charge in [-0.1, -0.05) is 6.92 Å².